The molecule has 1 fully saturated rings. The third-order valence-electron chi connectivity index (χ3n) is 7.77. The average Bonchev–Trinajstić information content (AvgIpc) is 3.43. The number of ether oxygens (including phenoxy) is 1. The van der Waals surface area contributed by atoms with Crippen molar-refractivity contribution in [1.82, 2.24) is 16.0 Å². The Labute approximate surface area is 268 Å². The van der Waals surface area contributed by atoms with Crippen LogP contribution in [0.5, 0.6) is 0 Å². The Morgan fingerprint density at radius 3 is 2.30 bits per heavy atom. The van der Waals surface area contributed by atoms with Crippen molar-refractivity contribution < 1.29 is 28.3 Å². The summed E-state index contributed by atoms with van der Waals surface area (Å²) in [6, 6.07) is 22.7. The number of carbonyl (C=O) groups is 4. The Balaban J connectivity index is 1.56. The summed E-state index contributed by atoms with van der Waals surface area (Å²) in [6.45, 7) is 5.39. The summed E-state index contributed by atoms with van der Waals surface area (Å²) in [5.41, 5.74) is 2.36. The van der Waals surface area contributed by atoms with Crippen LogP contribution in [-0.2, 0) is 36.8 Å². The van der Waals surface area contributed by atoms with Crippen molar-refractivity contribution in [3.63, 3.8) is 0 Å². The maximum absolute atomic E-state index is 13.9. The summed E-state index contributed by atoms with van der Waals surface area (Å²) in [4.78, 5) is 52.3. The zero-order valence-electron chi connectivity index (χ0n) is 26.2. The molecule has 46 heavy (non-hydrogen) atoms. The fourth-order valence-electron chi connectivity index (χ4n) is 5.20. The van der Waals surface area contributed by atoms with Crippen LogP contribution in [0.4, 0.5) is 4.39 Å². The number of rotatable bonds is 12. The number of benzene rings is 3. The first kappa shape index (κ1) is 33.8. The Morgan fingerprint density at radius 1 is 0.978 bits per heavy atom. The standard InChI is InChI=1S/C36H39FN4O5/c1-36(2,3)35(45)46-31(22-38)29(21-27-16-17-39-33(27)43)41-34(44)30(19-23-12-14-28(37)15-13-23)40-32(42)20-24-8-7-11-26(18-24)25-9-5-4-6-10-25/h4-15,18,27,29-31H,16-17,19-21H2,1-3H3,(H,39,43)(H,40,42)(H,41,44)/t27-,29-,30-,31-/m0/s1. The lowest BCUT2D eigenvalue weighted by Crippen LogP contribution is -2.54. The largest absolute Gasteiger partial charge is 0.444 e. The second-order valence-corrected chi connectivity index (χ2v) is 12.5. The van der Waals surface area contributed by atoms with Gasteiger partial charge in [-0.05, 0) is 68.0 Å². The van der Waals surface area contributed by atoms with Crippen molar-refractivity contribution in [1.29, 1.82) is 5.26 Å². The van der Waals surface area contributed by atoms with Crippen LogP contribution in [0, 0.1) is 28.5 Å². The lowest BCUT2D eigenvalue weighted by molar-refractivity contribution is -0.158. The Bertz CT molecular complexity index is 1580. The second kappa shape index (κ2) is 15.3. The molecule has 1 aliphatic heterocycles. The Kier molecular flexibility index (Phi) is 11.3. The smallest absolute Gasteiger partial charge is 0.312 e. The predicted octanol–water partition coefficient (Wildman–Crippen LogP) is 4.26. The van der Waals surface area contributed by atoms with Crippen molar-refractivity contribution in [2.24, 2.45) is 11.3 Å². The first-order valence-corrected chi connectivity index (χ1v) is 15.3. The third-order valence-corrected chi connectivity index (χ3v) is 7.77. The maximum atomic E-state index is 13.9. The number of esters is 1. The topological polar surface area (TPSA) is 137 Å². The highest BCUT2D eigenvalue weighted by molar-refractivity contribution is 5.89. The van der Waals surface area contributed by atoms with Crippen molar-refractivity contribution >= 4 is 23.7 Å². The van der Waals surface area contributed by atoms with E-state index in [1.54, 1.807) is 20.8 Å². The molecule has 10 heteroatoms. The number of halogens is 1. The number of hydrogen-bond donors (Lipinski definition) is 3. The van der Waals surface area contributed by atoms with Gasteiger partial charge in [-0.3, -0.25) is 19.2 Å². The number of nitrogens with zero attached hydrogens (tertiary/aromatic N) is 1. The van der Waals surface area contributed by atoms with Crippen LogP contribution < -0.4 is 16.0 Å². The molecule has 0 saturated carbocycles. The number of carbonyl (C=O) groups excluding carboxylic acids is 4. The van der Waals surface area contributed by atoms with Gasteiger partial charge in [-0.2, -0.15) is 5.26 Å². The average molecular weight is 627 g/mol. The fourth-order valence-corrected chi connectivity index (χ4v) is 5.20. The quantitative estimate of drug-likeness (QED) is 0.257. The highest BCUT2D eigenvalue weighted by Gasteiger charge is 2.37. The minimum Gasteiger partial charge on any atom is -0.444 e. The van der Waals surface area contributed by atoms with E-state index in [2.05, 4.69) is 16.0 Å². The second-order valence-electron chi connectivity index (χ2n) is 12.5. The number of hydrogen-bond acceptors (Lipinski definition) is 6. The molecule has 4 rings (SSSR count). The van der Waals surface area contributed by atoms with E-state index in [0.717, 1.165) is 16.7 Å². The van der Waals surface area contributed by atoms with E-state index >= 15 is 0 Å². The van der Waals surface area contributed by atoms with Crippen molar-refractivity contribution in [3.8, 4) is 17.2 Å². The highest BCUT2D eigenvalue weighted by Crippen LogP contribution is 2.23. The van der Waals surface area contributed by atoms with Crippen LogP contribution in [0.25, 0.3) is 11.1 Å². The molecule has 0 aliphatic carbocycles. The molecule has 3 N–H and O–H groups in total. The van der Waals surface area contributed by atoms with E-state index in [-0.39, 0.29) is 25.2 Å². The van der Waals surface area contributed by atoms with Crippen LogP contribution in [0.3, 0.4) is 0 Å². The number of nitriles is 1. The molecule has 1 saturated heterocycles. The SMILES string of the molecule is CC(C)(C)C(=O)O[C@@H](C#N)[C@H](C[C@@H]1CCNC1=O)NC(=O)[C@H](Cc1ccc(F)cc1)NC(=O)Cc1cccc(-c2ccccc2)c1. The van der Waals surface area contributed by atoms with Crippen molar-refractivity contribution in [2.45, 2.75) is 64.6 Å². The molecule has 3 aromatic rings. The molecule has 3 aromatic carbocycles. The molecular formula is C36H39FN4O5. The van der Waals surface area contributed by atoms with Gasteiger partial charge in [-0.1, -0.05) is 66.7 Å². The van der Waals surface area contributed by atoms with Crippen LogP contribution in [0.2, 0.25) is 0 Å². The van der Waals surface area contributed by atoms with Gasteiger partial charge in [0.1, 0.15) is 17.9 Å². The summed E-state index contributed by atoms with van der Waals surface area (Å²) in [7, 11) is 0. The predicted molar refractivity (Wildman–Crippen MR) is 170 cm³/mol. The van der Waals surface area contributed by atoms with Gasteiger partial charge in [0.15, 0.2) is 0 Å². The zero-order chi connectivity index (χ0) is 33.3. The maximum Gasteiger partial charge on any atom is 0.312 e. The monoisotopic (exact) mass is 626 g/mol. The molecule has 4 atom stereocenters. The van der Waals surface area contributed by atoms with E-state index in [0.29, 0.717) is 18.5 Å². The minimum absolute atomic E-state index is 0.0104. The fraction of sp³-hybridized carbons (Fsp3) is 0.361. The summed E-state index contributed by atoms with van der Waals surface area (Å²) in [5, 5.41) is 18.3. The van der Waals surface area contributed by atoms with E-state index in [4.69, 9.17) is 4.74 Å². The normalized spacial score (nSPS) is 16.3. The first-order valence-electron chi connectivity index (χ1n) is 15.3. The van der Waals surface area contributed by atoms with Gasteiger partial charge < -0.3 is 20.7 Å². The molecule has 3 amide bonds. The summed E-state index contributed by atoms with van der Waals surface area (Å²) >= 11 is 0. The molecule has 0 unspecified atom stereocenters. The van der Waals surface area contributed by atoms with Gasteiger partial charge >= 0.3 is 5.97 Å². The first-order chi connectivity index (χ1) is 21.9. The lowest BCUT2D eigenvalue weighted by atomic mass is 9.93. The number of nitrogens with one attached hydrogen (secondary N) is 3. The van der Waals surface area contributed by atoms with Crippen LogP contribution >= 0.6 is 0 Å². The summed E-state index contributed by atoms with van der Waals surface area (Å²) < 4.78 is 19.2. The van der Waals surface area contributed by atoms with E-state index in [9.17, 15) is 28.8 Å². The molecular weight excluding hydrogens is 587 g/mol. The lowest BCUT2D eigenvalue weighted by Gasteiger charge is -2.29. The summed E-state index contributed by atoms with van der Waals surface area (Å²) in [6.07, 6.45) is -0.821. The van der Waals surface area contributed by atoms with Crippen LogP contribution in [0.1, 0.15) is 44.7 Å². The Morgan fingerprint density at radius 2 is 1.67 bits per heavy atom. The highest BCUT2D eigenvalue weighted by atomic mass is 19.1. The molecule has 1 aliphatic rings. The van der Waals surface area contributed by atoms with Crippen LogP contribution in [-0.4, -0.2) is 48.4 Å². The van der Waals surface area contributed by atoms with E-state index < -0.39 is 53.1 Å². The van der Waals surface area contributed by atoms with Gasteiger partial charge in [0.2, 0.25) is 23.8 Å². The number of amides is 3. The zero-order valence-corrected chi connectivity index (χ0v) is 26.2. The van der Waals surface area contributed by atoms with Crippen LogP contribution in [0.15, 0.2) is 78.9 Å². The molecule has 9 nitrogen and oxygen atoms in total. The summed E-state index contributed by atoms with van der Waals surface area (Å²) in [5.74, 6) is -2.85. The van der Waals surface area contributed by atoms with Gasteiger partial charge in [0.25, 0.3) is 0 Å². The molecule has 240 valence electrons. The van der Waals surface area contributed by atoms with Gasteiger partial charge in [-0.15, -0.1) is 0 Å². The molecule has 0 spiro atoms. The molecule has 0 bridgehead atoms. The van der Waals surface area contributed by atoms with Gasteiger partial charge in [0, 0.05) is 18.9 Å². The minimum atomic E-state index is -1.38. The third kappa shape index (κ3) is 9.48. The van der Waals surface area contributed by atoms with Gasteiger partial charge in [-0.25, -0.2) is 4.39 Å². The molecule has 0 radical (unpaired) electrons. The van der Waals surface area contributed by atoms with Crippen molar-refractivity contribution in [2.75, 3.05) is 6.54 Å². The molecule has 1 heterocycles. The van der Waals surface area contributed by atoms with E-state index in [1.165, 1.54) is 24.3 Å². The van der Waals surface area contributed by atoms with E-state index in [1.807, 2.05) is 60.7 Å². The van der Waals surface area contributed by atoms with Gasteiger partial charge in [0.05, 0.1) is 17.9 Å². The van der Waals surface area contributed by atoms with Crippen molar-refractivity contribution in [3.05, 3.63) is 95.8 Å². The molecule has 0 aromatic heterocycles. The Hall–Kier alpha value is -5.04.